The van der Waals surface area contributed by atoms with Crippen LogP contribution in [-0.4, -0.2) is 18.0 Å². The molecular formula is C12H12FNO4. The quantitative estimate of drug-likeness (QED) is 0.470. The molecule has 1 aromatic carbocycles. The molecule has 0 saturated heterocycles. The average molecular weight is 253 g/mol. The Hall–Kier alpha value is -2.24. The Kier molecular flexibility index (Phi) is 4.53. The van der Waals surface area contributed by atoms with Crippen LogP contribution in [0.5, 0.6) is 0 Å². The first-order valence-corrected chi connectivity index (χ1v) is 5.13. The molecule has 18 heavy (non-hydrogen) atoms. The van der Waals surface area contributed by atoms with Crippen LogP contribution in [0.2, 0.25) is 0 Å². The van der Waals surface area contributed by atoms with Gasteiger partial charge in [0.25, 0.3) is 5.69 Å². The second-order valence-corrected chi connectivity index (χ2v) is 3.58. The van der Waals surface area contributed by atoms with E-state index in [1.807, 2.05) is 0 Å². The first kappa shape index (κ1) is 13.8. The zero-order valence-electron chi connectivity index (χ0n) is 9.97. The largest absolute Gasteiger partial charge is 0.469 e. The third kappa shape index (κ3) is 3.38. The Bertz CT molecular complexity index is 511. The second kappa shape index (κ2) is 5.90. The Morgan fingerprint density at radius 2 is 2.22 bits per heavy atom. The van der Waals surface area contributed by atoms with Gasteiger partial charge in [-0.1, -0.05) is 12.2 Å². The van der Waals surface area contributed by atoms with Gasteiger partial charge in [0.2, 0.25) is 0 Å². The maximum absolute atomic E-state index is 13.2. The lowest BCUT2D eigenvalue weighted by Crippen LogP contribution is -1.97. The Balaban J connectivity index is 3.02. The van der Waals surface area contributed by atoms with Crippen molar-refractivity contribution in [1.29, 1.82) is 0 Å². The summed E-state index contributed by atoms with van der Waals surface area (Å²) in [5, 5.41) is 10.7. The molecule has 0 saturated carbocycles. The maximum Gasteiger partial charge on any atom is 0.309 e. The average Bonchev–Trinajstić information content (AvgIpc) is 2.32. The van der Waals surface area contributed by atoms with E-state index in [0.29, 0.717) is 11.1 Å². The van der Waals surface area contributed by atoms with Crippen LogP contribution >= 0.6 is 0 Å². The van der Waals surface area contributed by atoms with Crippen molar-refractivity contribution < 1.29 is 18.8 Å². The minimum absolute atomic E-state index is 0.0280. The van der Waals surface area contributed by atoms with Crippen LogP contribution in [0.4, 0.5) is 10.1 Å². The summed E-state index contributed by atoms with van der Waals surface area (Å²) in [5.41, 5.74) is 0.431. The van der Waals surface area contributed by atoms with Gasteiger partial charge >= 0.3 is 5.97 Å². The van der Waals surface area contributed by atoms with Crippen molar-refractivity contribution in [3.05, 3.63) is 45.3 Å². The summed E-state index contributed by atoms with van der Waals surface area (Å²) in [6.07, 6.45) is 2.96. The highest BCUT2D eigenvalue weighted by Gasteiger charge is 2.14. The first-order valence-electron chi connectivity index (χ1n) is 5.13. The number of benzene rings is 1. The van der Waals surface area contributed by atoms with E-state index in [1.165, 1.54) is 32.3 Å². The molecular weight excluding hydrogens is 241 g/mol. The molecule has 0 N–H and O–H groups in total. The molecule has 0 atom stereocenters. The van der Waals surface area contributed by atoms with Crippen LogP contribution in [0.1, 0.15) is 17.5 Å². The molecule has 1 rings (SSSR count). The van der Waals surface area contributed by atoms with Crippen molar-refractivity contribution in [3.63, 3.8) is 0 Å². The number of nitro benzene ring substituents is 1. The second-order valence-electron chi connectivity index (χ2n) is 3.58. The van der Waals surface area contributed by atoms with Crippen LogP contribution in [-0.2, 0) is 9.53 Å². The third-order valence-corrected chi connectivity index (χ3v) is 2.39. The molecule has 0 heterocycles. The van der Waals surface area contributed by atoms with Crippen molar-refractivity contribution in [1.82, 2.24) is 0 Å². The summed E-state index contributed by atoms with van der Waals surface area (Å²) in [5.74, 6) is -1.13. The number of ether oxygens (including phenoxy) is 1. The number of esters is 1. The number of carbonyl (C=O) groups excluding carboxylic acids is 1. The normalized spacial score (nSPS) is 10.6. The molecule has 1 aromatic rings. The van der Waals surface area contributed by atoms with Gasteiger partial charge in [-0.05, 0) is 18.6 Å². The monoisotopic (exact) mass is 253 g/mol. The fourth-order valence-corrected chi connectivity index (χ4v) is 1.41. The van der Waals surface area contributed by atoms with E-state index < -0.39 is 16.7 Å². The number of rotatable bonds is 4. The van der Waals surface area contributed by atoms with Gasteiger partial charge in [-0.25, -0.2) is 4.39 Å². The first-order chi connectivity index (χ1) is 8.45. The van der Waals surface area contributed by atoms with Gasteiger partial charge < -0.3 is 4.74 Å². The highest BCUT2D eigenvalue weighted by molar-refractivity contribution is 5.73. The van der Waals surface area contributed by atoms with Gasteiger partial charge in [-0.3, -0.25) is 14.9 Å². The summed E-state index contributed by atoms with van der Waals surface area (Å²) in [7, 11) is 1.26. The van der Waals surface area contributed by atoms with E-state index in [0.717, 1.165) is 6.07 Å². The van der Waals surface area contributed by atoms with E-state index in [4.69, 9.17) is 0 Å². The van der Waals surface area contributed by atoms with Gasteiger partial charge in [0.1, 0.15) is 5.82 Å². The standard InChI is InChI=1S/C12H12FNO4/c1-8-9(4-3-5-12(15)18-2)6-10(13)7-11(8)14(16)17/h3-4,6-7H,5H2,1-2H3. The SMILES string of the molecule is COC(=O)CC=Cc1cc(F)cc([N+](=O)[O-])c1C. The molecule has 0 amide bonds. The van der Waals surface area contributed by atoms with E-state index in [9.17, 15) is 19.3 Å². The van der Waals surface area contributed by atoms with Gasteiger partial charge in [-0.2, -0.15) is 0 Å². The van der Waals surface area contributed by atoms with Gasteiger partial charge in [0.15, 0.2) is 0 Å². The van der Waals surface area contributed by atoms with Crippen LogP contribution in [0.25, 0.3) is 6.08 Å². The predicted molar refractivity (Wildman–Crippen MR) is 63.5 cm³/mol. The van der Waals surface area contributed by atoms with E-state index >= 15 is 0 Å². The number of hydrogen-bond donors (Lipinski definition) is 0. The number of hydrogen-bond acceptors (Lipinski definition) is 4. The number of halogens is 1. The minimum atomic E-state index is -0.690. The highest BCUT2D eigenvalue weighted by Crippen LogP contribution is 2.24. The van der Waals surface area contributed by atoms with Crippen LogP contribution < -0.4 is 0 Å². The number of nitro groups is 1. The lowest BCUT2D eigenvalue weighted by atomic mass is 10.1. The number of carbonyl (C=O) groups is 1. The smallest absolute Gasteiger partial charge is 0.309 e. The zero-order valence-corrected chi connectivity index (χ0v) is 9.97. The molecule has 0 aromatic heterocycles. The molecule has 0 fully saturated rings. The molecule has 0 unspecified atom stereocenters. The highest BCUT2D eigenvalue weighted by atomic mass is 19.1. The van der Waals surface area contributed by atoms with E-state index in [-0.39, 0.29) is 12.1 Å². The summed E-state index contributed by atoms with van der Waals surface area (Å²) in [4.78, 5) is 20.9. The molecule has 0 bridgehead atoms. The molecule has 0 aliphatic carbocycles. The van der Waals surface area contributed by atoms with E-state index in [1.54, 1.807) is 0 Å². The lowest BCUT2D eigenvalue weighted by molar-refractivity contribution is -0.385. The van der Waals surface area contributed by atoms with Crippen molar-refractivity contribution >= 4 is 17.7 Å². The summed E-state index contributed by atoms with van der Waals surface area (Å²) >= 11 is 0. The van der Waals surface area contributed by atoms with Crippen LogP contribution in [0.3, 0.4) is 0 Å². The summed E-state index contributed by atoms with van der Waals surface area (Å²) < 4.78 is 17.6. The van der Waals surface area contributed by atoms with Crippen LogP contribution in [0, 0.1) is 22.9 Å². The predicted octanol–water partition coefficient (Wildman–Crippen LogP) is 2.62. The summed E-state index contributed by atoms with van der Waals surface area (Å²) in [6, 6.07) is 2.04. The lowest BCUT2D eigenvalue weighted by Gasteiger charge is -2.02. The van der Waals surface area contributed by atoms with Crippen molar-refractivity contribution in [2.75, 3.05) is 7.11 Å². The van der Waals surface area contributed by atoms with E-state index in [2.05, 4.69) is 4.74 Å². The van der Waals surface area contributed by atoms with Gasteiger partial charge in [-0.15, -0.1) is 0 Å². The minimum Gasteiger partial charge on any atom is -0.469 e. The molecule has 96 valence electrons. The van der Waals surface area contributed by atoms with Gasteiger partial charge in [0.05, 0.1) is 24.5 Å². The molecule has 0 aliphatic rings. The topological polar surface area (TPSA) is 69.4 Å². The maximum atomic E-state index is 13.2. The Morgan fingerprint density at radius 1 is 1.56 bits per heavy atom. The zero-order chi connectivity index (χ0) is 13.7. The van der Waals surface area contributed by atoms with Crippen molar-refractivity contribution in [2.45, 2.75) is 13.3 Å². The van der Waals surface area contributed by atoms with Gasteiger partial charge in [0, 0.05) is 5.56 Å². The van der Waals surface area contributed by atoms with Crippen molar-refractivity contribution in [3.8, 4) is 0 Å². The number of nitrogens with zero attached hydrogens (tertiary/aromatic N) is 1. The third-order valence-electron chi connectivity index (χ3n) is 2.39. The number of methoxy groups -OCH3 is 1. The van der Waals surface area contributed by atoms with Crippen LogP contribution in [0.15, 0.2) is 18.2 Å². The Morgan fingerprint density at radius 3 is 2.78 bits per heavy atom. The Labute approximate surface area is 103 Å². The molecule has 0 radical (unpaired) electrons. The molecule has 6 heteroatoms. The fraction of sp³-hybridized carbons (Fsp3) is 0.250. The molecule has 5 nitrogen and oxygen atoms in total. The fourth-order valence-electron chi connectivity index (χ4n) is 1.41. The summed E-state index contributed by atoms with van der Waals surface area (Å²) in [6.45, 7) is 1.52. The molecule has 0 aliphatic heterocycles. The van der Waals surface area contributed by atoms with Crippen molar-refractivity contribution in [2.24, 2.45) is 0 Å². The molecule has 0 spiro atoms.